The molecule has 3 nitrogen and oxygen atoms in total. The first-order chi connectivity index (χ1) is 4.75. The zero-order valence-electron chi connectivity index (χ0n) is 6.03. The van der Waals surface area contributed by atoms with Crippen molar-refractivity contribution in [2.45, 2.75) is 6.61 Å². The Balaban J connectivity index is 2.90. The lowest BCUT2D eigenvalue weighted by Crippen LogP contribution is -2.09. The van der Waals surface area contributed by atoms with Gasteiger partial charge in [0, 0.05) is 14.1 Å². The van der Waals surface area contributed by atoms with E-state index in [-0.39, 0.29) is 6.61 Å². The van der Waals surface area contributed by atoms with E-state index >= 15 is 0 Å². The Morgan fingerprint density at radius 2 is 2.40 bits per heavy atom. The molecule has 0 aliphatic heterocycles. The van der Waals surface area contributed by atoms with Crippen LogP contribution in [-0.2, 0) is 6.61 Å². The van der Waals surface area contributed by atoms with E-state index in [2.05, 4.69) is 4.37 Å². The van der Waals surface area contributed by atoms with Gasteiger partial charge in [-0.15, -0.1) is 0 Å². The summed E-state index contributed by atoms with van der Waals surface area (Å²) >= 11 is 1.34. The van der Waals surface area contributed by atoms with Crippen molar-refractivity contribution in [3.63, 3.8) is 0 Å². The molecule has 0 bridgehead atoms. The second kappa shape index (κ2) is 2.98. The molecule has 0 saturated carbocycles. The van der Waals surface area contributed by atoms with Crippen LogP contribution in [0.4, 0.5) is 5.69 Å². The van der Waals surface area contributed by atoms with E-state index in [1.165, 1.54) is 11.5 Å². The smallest absolute Gasteiger partial charge is 0.0811 e. The fourth-order valence-corrected chi connectivity index (χ4v) is 1.40. The Morgan fingerprint density at radius 1 is 1.70 bits per heavy atom. The van der Waals surface area contributed by atoms with Crippen molar-refractivity contribution in [3.8, 4) is 0 Å². The van der Waals surface area contributed by atoms with E-state index < -0.39 is 0 Å². The van der Waals surface area contributed by atoms with E-state index in [0.717, 1.165) is 10.6 Å². The fourth-order valence-electron chi connectivity index (χ4n) is 0.733. The lowest BCUT2D eigenvalue weighted by atomic mass is 10.4. The van der Waals surface area contributed by atoms with E-state index in [1.54, 1.807) is 6.20 Å². The van der Waals surface area contributed by atoms with Gasteiger partial charge in [-0.1, -0.05) is 0 Å². The van der Waals surface area contributed by atoms with E-state index in [0.29, 0.717) is 0 Å². The van der Waals surface area contributed by atoms with Gasteiger partial charge in [-0.05, 0) is 11.5 Å². The summed E-state index contributed by atoms with van der Waals surface area (Å²) in [7, 11) is 3.87. The molecule has 1 rings (SSSR count). The van der Waals surface area contributed by atoms with Crippen LogP contribution in [0.1, 0.15) is 4.88 Å². The molecule has 1 heterocycles. The minimum absolute atomic E-state index is 0.0815. The molecule has 0 unspecified atom stereocenters. The summed E-state index contributed by atoms with van der Waals surface area (Å²) in [4.78, 5) is 2.86. The van der Waals surface area contributed by atoms with Gasteiger partial charge < -0.3 is 10.0 Å². The third kappa shape index (κ3) is 1.27. The molecule has 1 N–H and O–H groups in total. The van der Waals surface area contributed by atoms with Crippen LogP contribution in [0.3, 0.4) is 0 Å². The van der Waals surface area contributed by atoms with Crippen molar-refractivity contribution >= 4 is 17.2 Å². The van der Waals surface area contributed by atoms with Crippen LogP contribution in [0.25, 0.3) is 0 Å². The van der Waals surface area contributed by atoms with Crippen LogP contribution in [0, 0.1) is 0 Å². The third-order valence-corrected chi connectivity index (χ3v) is 2.02. The standard InChI is InChI=1S/C6H10N2OS/c1-8(2)5-3-7-10-6(5)4-9/h3,9H,4H2,1-2H3. The van der Waals surface area contributed by atoms with Crippen molar-refractivity contribution in [3.05, 3.63) is 11.1 Å². The Morgan fingerprint density at radius 3 is 2.80 bits per heavy atom. The van der Waals surface area contributed by atoms with Crippen molar-refractivity contribution in [2.24, 2.45) is 0 Å². The highest BCUT2D eigenvalue weighted by Gasteiger charge is 2.04. The molecule has 0 aliphatic carbocycles. The van der Waals surface area contributed by atoms with Crippen molar-refractivity contribution < 1.29 is 5.11 Å². The molecular formula is C6H10N2OS. The summed E-state index contributed by atoms with van der Waals surface area (Å²) < 4.78 is 3.95. The summed E-state index contributed by atoms with van der Waals surface area (Å²) in [6.07, 6.45) is 1.76. The van der Waals surface area contributed by atoms with Crippen LogP contribution in [0.15, 0.2) is 6.20 Å². The number of nitrogens with zero attached hydrogens (tertiary/aromatic N) is 2. The number of aliphatic hydroxyl groups excluding tert-OH is 1. The molecule has 1 aromatic heterocycles. The second-order valence-electron chi connectivity index (χ2n) is 2.19. The highest BCUT2D eigenvalue weighted by Crippen LogP contribution is 2.20. The third-order valence-electron chi connectivity index (χ3n) is 1.25. The van der Waals surface area contributed by atoms with Gasteiger partial charge >= 0.3 is 0 Å². The molecule has 0 radical (unpaired) electrons. The lowest BCUT2D eigenvalue weighted by molar-refractivity contribution is 0.286. The molecular weight excluding hydrogens is 148 g/mol. The highest BCUT2D eigenvalue weighted by atomic mass is 32.1. The van der Waals surface area contributed by atoms with Gasteiger partial charge in [0.15, 0.2) is 0 Å². The molecule has 0 aromatic carbocycles. The number of hydrogen-bond acceptors (Lipinski definition) is 4. The predicted octanol–water partition coefficient (Wildman–Crippen LogP) is 0.701. The summed E-state index contributed by atoms with van der Waals surface area (Å²) in [5.41, 5.74) is 1.01. The maximum absolute atomic E-state index is 8.80. The number of aromatic nitrogens is 1. The largest absolute Gasteiger partial charge is 0.391 e. The normalized spacial score (nSPS) is 9.90. The maximum Gasteiger partial charge on any atom is 0.0811 e. The van der Waals surface area contributed by atoms with Gasteiger partial charge in [0.2, 0.25) is 0 Å². The maximum atomic E-state index is 8.80. The first kappa shape index (κ1) is 7.50. The first-order valence-electron chi connectivity index (χ1n) is 2.97. The minimum atomic E-state index is 0.0815. The van der Waals surface area contributed by atoms with E-state index in [9.17, 15) is 0 Å². The van der Waals surface area contributed by atoms with Crippen LogP contribution >= 0.6 is 11.5 Å². The van der Waals surface area contributed by atoms with Gasteiger partial charge in [-0.3, -0.25) is 0 Å². The number of anilines is 1. The molecule has 4 heteroatoms. The Labute approximate surface area is 64.1 Å². The molecule has 56 valence electrons. The van der Waals surface area contributed by atoms with Gasteiger partial charge in [-0.2, -0.15) is 4.37 Å². The monoisotopic (exact) mass is 158 g/mol. The number of aliphatic hydroxyl groups is 1. The molecule has 0 fully saturated rings. The molecule has 0 saturated heterocycles. The Bertz CT molecular complexity index is 209. The van der Waals surface area contributed by atoms with Crippen LogP contribution < -0.4 is 4.90 Å². The van der Waals surface area contributed by atoms with Crippen LogP contribution in [0.2, 0.25) is 0 Å². The Kier molecular flexibility index (Phi) is 2.24. The van der Waals surface area contributed by atoms with Crippen LogP contribution in [0.5, 0.6) is 0 Å². The lowest BCUT2D eigenvalue weighted by Gasteiger charge is -2.09. The summed E-state index contributed by atoms with van der Waals surface area (Å²) in [5.74, 6) is 0. The summed E-state index contributed by atoms with van der Waals surface area (Å²) in [6, 6.07) is 0. The Hall–Kier alpha value is -0.610. The minimum Gasteiger partial charge on any atom is -0.391 e. The van der Waals surface area contributed by atoms with Crippen LogP contribution in [-0.4, -0.2) is 23.6 Å². The molecule has 0 aliphatic rings. The van der Waals surface area contributed by atoms with Gasteiger partial charge in [0.1, 0.15) is 0 Å². The van der Waals surface area contributed by atoms with Gasteiger partial charge in [0.05, 0.1) is 23.4 Å². The first-order valence-corrected chi connectivity index (χ1v) is 3.74. The quantitative estimate of drug-likeness (QED) is 0.688. The highest BCUT2D eigenvalue weighted by molar-refractivity contribution is 7.06. The summed E-state index contributed by atoms with van der Waals surface area (Å²) in [5, 5.41) is 8.80. The predicted molar refractivity (Wildman–Crippen MR) is 42.4 cm³/mol. The van der Waals surface area contributed by atoms with Gasteiger partial charge in [0.25, 0.3) is 0 Å². The average molecular weight is 158 g/mol. The second-order valence-corrected chi connectivity index (χ2v) is 3.07. The van der Waals surface area contributed by atoms with Gasteiger partial charge in [-0.25, -0.2) is 0 Å². The zero-order valence-corrected chi connectivity index (χ0v) is 6.85. The molecule has 0 amide bonds. The molecule has 1 aromatic rings. The van der Waals surface area contributed by atoms with Crippen molar-refractivity contribution in [2.75, 3.05) is 19.0 Å². The summed E-state index contributed by atoms with van der Waals surface area (Å²) in [6.45, 7) is 0.0815. The topological polar surface area (TPSA) is 36.4 Å². The van der Waals surface area contributed by atoms with Crippen molar-refractivity contribution in [1.29, 1.82) is 0 Å². The fraction of sp³-hybridized carbons (Fsp3) is 0.500. The molecule has 0 spiro atoms. The average Bonchev–Trinajstić information content (AvgIpc) is 2.33. The van der Waals surface area contributed by atoms with Crippen molar-refractivity contribution in [1.82, 2.24) is 4.37 Å². The SMILES string of the molecule is CN(C)c1cnsc1CO. The molecule has 0 atom stereocenters. The number of rotatable bonds is 2. The zero-order chi connectivity index (χ0) is 7.56. The molecule has 10 heavy (non-hydrogen) atoms. The van der Waals surface area contributed by atoms with E-state index in [4.69, 9.17) is 5.11 Å². The van der Waals surface area contributed by atoms with E-state index in [1.807, 2.05) is 19.0 Å². The number of hydrogen-bond donors (Lipinski definition) is 1.